The number of halogens is 4. The molecule has 5 N–H and O–H groups in total. The number of pyridine rings is 4. The molecule has 13 heterocycles. The average Bonchev–Trinajstić information content (AvgIpc) is 1.58. The Hall–Kier alpha value is -13.7. The molecule has 0 saturated carbocycles. The number of nitrogens with zero attached hydrogens (tertiary/aromatic N) is 18. The number of alkyl halides is 3. The summed E-state index contributed by atoms with van der Waals surface area (Å²) in [6, 6.07) is 73.8. The van der Waals surface area contributed by atoms with Gasteiger partial charge in [-0.3, -0.25) is 0 Å². The Morgan fingerprint density at radius 1 is 0.346 bits per heavy atom. The van der Waals surface area contributed by atoms with Gasteiger partial charge in [0.2, 0.25) is 23.8 Å². The largest absolute Gasteiger partial charge is 0.507 e. The van der Waals surface area contributed by atoms with Crippen LogP contribution in [0.3, 0.4) is 0 Å². The second-order valence-electron chi connectivity index (χ2n) is 33.2. The van der Waals surface area contributed by atoms with E-state index in [4.69, 9.17) is 14.6 Å². The molecule has 29 heteroatoms. The van der Waals surface area contributed by atoms with Crippen molar-refractivity contribution in [3.05, 3.63) is 283 Å². The lowest BCUT2D eigenvalue weighted by atomic mass is 10.0. The summed E-state index contributed by atoms with van der Waals surface area (Å²) in [5, 5.41) is 41.6. The molecule has 4 aliphatic heterocycles. The minimum Gasteiger partial charge on any atom is -0.507 e. The highest BCUT2D eigenvalue weighted by molar-refractivity contribution is 5.73. The highest BCUT2D eigenvalue weighted by atomic mass is 19.4. The van der Waals surface area contributed by atoms with Gasteiger partial charge in [-0.15, -0.1) is 20.4 Å². The summed E-state index contributed by atoms with van der Waals surface area (Å²) >= 11 is 0. The monoisotopic (exact) mass is 1750 g/mol. The van der Waals surface area contributed by atoms with Crippen molar-refractivity contribution in [2.75, 3.05) is 114 Å². The zero-order valence-corrected chi connectivity index (χ0v) is 73.3. The average molecular weight is 1750 g/mol. The Morgan fingerprint density at radius 2 is 0.669 bits per heavy atom. The van der Waals surface area contributed by atoms with Crippen molar-refractivity contribution in [1.29, 1.82) is 0 Å². The lowest BCUT2D eigenvalue weighted by molar-refractivity contribution is -0.137. The molecule has 16 aromatic rings. The number of nitrogens with one attached hydrogen (secondary N) is 4. The number of benzene rings is 7. The van der Waals surface area contributed by atoms with Gasteiger partial charge in [0.05, 0.1) is 42.6 Å². The van der Waals surface area contributed by atoms with Crippen molar-refractivity contribution >= 4 is 69.1 Å². The summed E-state index contributed by atoms with van der Waals surface area (Å²) in [7, 11) is 3.23. The molecule has 0 atom stereocenters. The van der Waals surface area contributed by atoms with E-state index < -0.39 is 17.6 Å². The van der Waals surface area contributed by atoms with Crippen LogP contribution in [0.2, 0.25) is 0 Å². The summed E-state index contributed by atoms with van der Waals surface area (Å²) in [5.74, 6) is 2.11. The standard InChI is InChI=1S/C26H26F3N5.C26H29N5O.C25H26FN5O.C24H27N7O/c27-26(28,29)22-9-2-1-8-21(22)23-10-5-11-24-31-25(32-34(23)24)30-20-14-12-19(13-15-20)7-6-18-33-16-3-4-17-33;1-32-24-11-3-2-9-22(24)23-10-6-12-25-28-26(29-31(23)25)27-21-15-13-20(14-16-21)8-7-19-30-17-4-5-18-30;26-19-10-13-21(23(32)17-19)22-6-3-7-24-28-25(29-31(22)24)27-20-11-8-18(9-12-20)5-4-16-30-14-1-2-15-30;1-32-24-25-16-19(17-26-24)21-7-4-8-22-28-23(29-31(21)22)27-20-11-9-18(10-12-20)6-5-15-30-13-2-3-14-30/h1-2,5,8-15H,3-4,6-7,16-18H2,(H,30,32);2-3,6,9-16H,4-5,7-8,17-19H2,1H3,(H,27,29);3,6-13,17,32H,1-2,4-5,14-16H2,(H,27,29);4,7-12,16-17H,2-3,5-6,13-15H2,1H3,(H,27,29). The smallest absolute Gasteiger partial charge is 0.417 e. The lowest BCUT2D eigenvalue weighted by Crippen LogP contribution is -2.20. The maximum Gasteiger partial charge on any atom is 0.417 e. The van der Waals surface area contributed by atoms with Crippen molar-refractivity contribution in [2.24, 2.45) is 0 Å². The van der Waals surface area contributed by atoms with Crippen molar-refractivity contribution in [1.82, 2.24) is 88.0 Å². The number of likely N-dealkylation sites (tertiary alicyclic amines) is 4. The maximum absolute atomic E-state index is 13.6. The number of phenolic OH excluding ortho intramolecular Hbond substituents is 1. The Bertz CT molecular complexity index is 6360. The first kappa shape index (κ1) is 88.3. The Kier molecular flexibility index (Phi) is 28.8. The number of para-hydroxylation sites is 1. The third-order valence-corrected chi connectivity index (χ3v) is 24.1. The molecule has 4 aliphatic rings. The van der Waals surface area contributed by atoms with E-state index in [9.17, 15) is 22.7 Å². The van der Waals surface area contributed by atoms with Gasteiger partial charge in [0.1, 0.15) is 17.3 Å². The second-order valence-corrected chi connectivity index (χ2v) is 33.2. The third kappa shape index (κ3) is 22.9. The number of hydrogen-bond acceptors (Lipinski definition) is 21. The summed E-state index contributed by atoms with van der Waals surface area (Å²) in [6.45, 7) is 14.7. The summed E-state index contributed by atoms with van der Waals surface area (Å²) < 4.78 is 71.4. The van der Waals surface area contributed by atoms with Gasteiger partial charge in [0, 0.05) is 63.5 Å². The molecular weight excluding hydrogens is 1650 g/mol. The summed E-state index contributed by atoms with van der Waals surface area (Å²) in [6.07, 6.45) is 18.8. The van der Waals surface area contributed by atoms with Crippen LogP contribution in [-0.2, 0) is 31.9 Å². The van der Waals surface area contributed by atoms with Crippen molar-refractivity contribution in [3.8, 4) is 62.5 Å². The number of rotatable bonds is 30. The lowest BCUT2D eigenvalue weighted by Gasteiger charge is -2.14. The number of methoxy groups -OCH3 is 2. The van der Waals surface area contributed by atoms with Gasteiger partial charge in [0.15, 0.2) is 22.6 Å². The molecule has 0 radical (unpaired) electrons. The van der Waals surface area contributed by atoms with Crippen molar-refractivity contribution in [2.45, 2.75) is 109 Å². The van der Waals surface area contributed by atoms with E-state index in [1.165, 1.54) is 194 Å². The molecule has 0 amide bonds. The highest BCUT2D eigenvalue weighted by Crippen LogP contribution is 2.39. The topological polar surface area (TPSA) is 246 Å². The van der Waals surface area contributed by atoms with Crippen LogP contribution in [-0.4, -0.2) is 186 Å². The fourth-order valence-electron chi connectivity index (χ4n) is 17.3. The molecule has 20 rings (SSSR count). The van der Waals surface area contributed by atoms with Crippen LogP contribution in [0.4, 0.5) is 64.1 Å². The molecule has 0 unspecified atom stereocenters. The fourth-order valence-corrected chi connectivity index (χ4v) is 17.3. The van der Waals surface area contributed by atoms with Crippen LogP contribution in [0.1, 0.15) is 105 Å². The molecule has 7 aromatic carbocycles. The highest BCUT2D eigenvalue weighted by Gasteiger charge is 2.34. The predicted octanol–water partition coefficient (Wildman–Crippen LogP) is 20.3. The van der Waals surface area contributed by atoms with E-state index in [2.05, 4.69) is 159 Å². The zero-order valence-electron chi connectivity index (χ0n) is 73.3. The van der Waals surface area contributed by atoms with Crippen LogP contribution in [0.5, 0.6) is 17.5 Å². The van der Waals surface area contributed by atoms with Crippen LogP contribution in [0, 0.1) is 5.82 Å². The van der Waals surface area contributed by atoms with Crippen molar-refractivity contribution in [3.63, 3.8) is 0 Å². The summed E-state index contributed by atoms with van der Waals surface area (Å²) in [5.41, 5.74) is 16.1. The quantitative estimate of drug-likeness (QED) is 0.0263. The molecule has 4 saturated heterocycles. The first-order valence-electron chi connectivity index (χ1n) is 45.1. The predicted molar refractivity (Wildman–Crippen MR) is 504 cm³/mol. The van der Waals surface area contributed by atoms with Crippen LogP contribution in [0.15, 0.2) is 249 Å². The minimum atomic E-state index is -4.46. The number of aryl methyl sites for hydroxylation is 4. The molecule has 0 aliphatic carbocycles. The van der Waals surface area contributed by atoms with Crippen molar-refractivity contribution < 1.29 is 32.1 Å². The molecule has 4 fully saturated rings. The first-order valence-corrected chi connectivity index (χ1v) is 45.1. The van der Waals surface area contributed by atoms with Gasteiger partial charge in [0.25, 0.3) is 0 Å². The number of aromatic nitrogens is 14. The normalized spacial score (nSPS) is 14.3. The number of hydrogen-bond donors (Lipinski definition) is 5. The summed E-state index contributed by atoms with van der Waals surface area (Å²) in [4.78, 5) is 36.9. The van der Waals surface area contributed by atoms with E-state index >= 15 is 0 Å². The van der Waals surface area contributed by atoms with Gasteiger partial charge < -0.3 is 55.4 Å². The Labute approximate surface area is 753 Å². The molecule has 0 bridgehead atoms. The number of ether oxygens (including phenoxy) is 2. The second kappa shape index (κ2) is 42.5. The van der Waals surface area contributed by atoms with Gasteiger partial charge in [-0.05, 0) is 331 Å². The number of phenols is 1. The van der Waals surface area contributed by atoms with E-state index in [0.29, 0.717) is 58.0 Å². The van der Waals surface area contributed by atoms with E-state index in [-0.39, 0.29) is 11.3 Å². The number of fused-ring (bicyclic) bond motifs is 4. The van der Waals surface area contributed by atoms with Gasteiger partial charge in [-0.2, -0.15) is 33.1 Å². The Balaban J connectivity index is 0.000000121. The molecule has 25 nitrogen and oxygen atoms in total. The van der Waals surface area contributed by atoms with Crippen LogP contribution in [0.25, 0.3) is 67.6 Å². The number of aromatic hydroxyl groups is 1. The molecule has 9 aromatic heterocycles. The molecule has 0 spiro atoms. The van der Waals surface area contributed by atoms with Gasteiger partial charge in [-0.1, -0.05) is 103 Å². The Morgan fingerprint density at radius 3 is 1.02 bits per heavy atom. The molecular formula is C101H108F4N22O3. The van der Waals surface area contributed by atoms with E-state index in [0.717, 1.165) is 113 Å². The van der Waals surface area contributed by atoms with Crippen LogP contribution >= 0.6 is 0 Å². The van der Waals surface area contributed by atoms with Crippen LogP contribution < -0.4 is 30.7 Å². The van der Waals surface area contributed by atoms with Gasteiger partial charge in [-0.25, -0.2) is 32.4 Å². The van der Waals surface area contributed by atoms with E-state index in [1.54, 1.807) is 59.9 Å². The van der Waals surface area contributed by atoms with Gasteiger partial charge >= 0.3 is 12.2 Å². The minimum absolute atomic E-state index is 0.0651. The molecule has 130 heavy (non-hydrogen) atoms. The molecule has 668 valence electrons. The zero-order chi connectivity index (χ0) is 89.0. The maximum atomic E-state index is 13.6. The van der Waals surface area contributed by atoms with E-state index in [1.807, 2.05) is 108 Å². The number of anilines is 8. The fraction of sp³-hybridized carbons (Fsp3) is 0.307. The SMILES string of the molecule is COc1ccccc1-c1cccc2nc(Nc3ccc(CCCN4CCCC4)cc3)nn12.COc1ncc(-c2cccc3nc(Nc4ccc(CCCN5CCCC5)cc4)nn23)cn1.FC(F)(F)c1ccccc1-c1cccc2nc(Nc3ccc(CCCN4CCCC4)cc3)nn12.Oc1cc(F)ccc1-c1cccc2nc(Nc3ccc(CCCN4CCCC4)cc3)nn12. The first-order chi connectivity index (χ1) is 63.7. The third-order valence-electron chi connectivity index (χ3n) is 24.1.